The summed E-state index contributed by atoms with van der Waals surface area (Å²) >= 11 is 1.23. The molecule has 7 heteroatoms. The second kappa shape index (κ2) is 6.84. The van der Waals surface area contributed by atoms with E-state index in [1.54, 1.807) is 14.0 Å². The minimum Gasteiger partial charge on any atom is -0.492 e. The van der Waals surface area contributed by atoms with Crippen LogP contribution in [0.4, 0.5) is 0 Å². The van der Waals surface area contributed by atoms with E-state index in [9.17, 15) is 9.59 Å². The van der Waals surface area contributed by atoms with Crippen molar-refractivity contribution in [1.82, 2.24) is 14.9 Å². The van der Waals surface area contributed by atoms with E-state index in [2.05, 4.69) is 10.3 Å². The van der Waals surface area contributed by atoms with Crippen LogP contribution in [-0.2, 0) is 7.05 Å². The summed E-state index contributed by atoms with van der Waals surface area (Å²) in [6, 6.07) is 9.42. The molecule has 0 fully saturated rings. The summed E-state index contributed by atoms with van der Waals surface area (Å²) in [5, 5.41) is 3.32. The number of para-hydroxylation sites is 1. The monoisotopic (exact) mass is 343 g/mol. The number of nitrogens with one attached hydrogen (secondary N) is 1. The van der Waals surface area contributed by atoms with E-state index < -0.39 is 0 Å². The van der Waals surface area contributed by atoms with E-state index in [1.165, 1.54) is 22.2 Å². The Balaban J connectivity index is 1.67. The Kier molecular flexibility index (Phi) is 4.61. The molecule has 24 heavy (non-hydrogen) atoms. The molecule has 124 valence electrons. The molecule has 0 saturated carbocycles. The summed E-state index contributed by atoms with van der Waals surface area (Å²) in [6.07, 6.45) is 1.47. The number of thiophene rings is 1. The van der Waals surface area contributed by atoms with Gasteiger partial charge in [0.15, 0.2) is 0 Å². The molecule has 0 aliphatic carbocycles. The van der Waals surface area contributed by atoms with Crippen molar-refractivity contribution in [3.63, 3.8) is 0 Å². The molecule has 0 aliphatic heterocycles. The number of benzene rings is 1. The Morgan fingerprint density at radius 2 is 2.08 bits per heavy atom. The molecule has 0 spiro atoms. The van der Waals surface area contributed by atoms with Crippen LogP contribution in [0.25, 0.3) is 10.2 Å². The van der Waals surface area contributed by atoms with Gasteiger partial charge in [0.2, 0.25) is 0 Å². The lowest BCUT2D eigenvalue weighted by atomic mass is 10.2. The standard InChI is InChI=1S/C17H17N3O3S/c1-11-13-16(19-10-20(2)17(13)22)24-14(11)15(21)18-8-9-23-12-6-4-3-5-7-12/h3-7,10H,8-9H2,1-2H3,(H,18,21). The topological polar surface area (TPSA) is 73.2 Å². The number of ether oxygens (including phenoxy) is 1. The second-order valence-corrected chi connectivity index (χ2v) is 6.31. The quantitative estimate of drug-likeness (QED) is 0.720. The zero-order chi connectivity index (χ0) is 17.1. The first-order valence-electron chi connectivity index (χ1n) is 7.48. The van der Waals surface area contributed by atoms with Gasteiger partial charge in [0, 0.05) is 7.05 Å². The molecular weight excluding hydrogens is 326 g/mol. The predicted molar refractivity (Wildman–Crippen MR) is 93.9 cm³/mol. The van der Waals surface area contributed by atoms with E-state index in [4.69, 9.17) is 4.74 Å². The van der Waals surface area contributed by atoms with Gasteiger partial charge in [0.25, 0.3) is 11.5 Å². The van der Waals surface area contributed by atoms with E-state index in [0.29, 0.717) is 33.8 Å². The highest BCUT2D eigenvalue weighted by atomic mass is 32.1. The molecule has 2 aromatic heterocycles. The Bertz CT molecular complexity index is 931. The van der Waals surface area contributed by atoms with Crippen molar-refractivity contribution in [3.8, 4) is 5.75 Å². The Morgan fingerprint density at radius 3 is 2.83 bits per heavy atom. The van der Waals surface area contributed by atoms with Gasteiger partial charge in [-0.15, -0.1) is 11.3 Å². The number of carbonyl (C=O) groups excluding carboxylic acids is 1. The summed E-state index contributed by atoms with van der Waals surface area (Å²) in [7, 11) is 1.65. The van der Waals surface area contributed by atoms with Crippen molar-refractivity contribution >= 4 is 27.5 Å². The van der Waals surface area contributed by atoms with Crippen LogP contribution >= 0.6 is 11.3 Å². The van der Waals surface area contributed by atoms with Crippen molar-refractivity contribution in [1.29, 1.82) is 0 Å². The maximum Gasteiger partial charge on any atom is 0.262 e. The number of amides is 1. The highest BCUT2D eigenvalue weighted by Crippen LogP contribution is 2.26. The van der Waals surface area contributed by atoms with Crippen LogP contribution in [0.5, 0.6) is 5.75 Å². The smallest absolute Gasteiger partial charge is 0.262 e. The lowest BCUT2D eigenvalue weighted by Gasteiger charge is -2.07. The molecule has 0 saturated heterocycles. The van der Waals surface area contributed by atoms with Gasteiger partial charge in [-0.05, 0) is 24.6 Å². The van der Waals surface area contributed by atoms with Crippen LogP contribution in [0.1, 0.15) is 15.2 Å². The minimum atomic E-state index is -0.214. The van der Waals surface area contributed by atoms with Crippen molar-refractivity contribution in [2.75, 3.05) is 13.2 Å². The maximum absolute atomic E-state index is 12.3. The van der Waals surface area contributed by atoms with E-state index in [1.807, 2.05) is 30.3 Å². The Labute approximate surface area is 142 Å². The van der Waals surface area contributed by atoms with Gasteiger partial charge in [-0.1, -0.05) is 18.2 Å². The summed E-state index contributed by atoms with van der Waals surface area (Å²) < 4.78 is 6.95. The third-order valence-corrected chi connectivity index (χ3v) is 4.81. The predicted octanol–water partition coefficient (Wildman–Crippen LogP) is 2.11. The number of carbonyl (C=O) groups is 1. The lowest BCUT2D eigenvalue weighted by Crippen LogP contribution is -2.28. The number of rotatable bonds is 5. The second-order valence-electron chi connectivity index (χ2n) is 5.31. The van der Waals surface area contributed by atoms with Crippen molar-refractivity contribution in [2.24, 2.45) is 7.05 Å². The van der Waals surface area contributed by atoms with Crippen molar-refractivity contribution < 1.29 is 9.53 Å². The van der Waals surface area contributed by atoms with Gasteiger partial charge < -0.3 is 14.6 Å². The molecule has 6 nitrogen and oxygen atoms in total. The summed E-state index contributed by atoms with van der Waals surface area (Å²) in [6.45, 7) is 2.53. The van der Waals surface area contributed by atoms with Crippen LogP contribution < -0.4 is 15.6 Å². The summed E-state index contributed by atoms with van der Waals surface area (Å²) in [5.41, 5.74) is 0.533. The average molecular weight is 343 g/mol. The van der Waals surface area contributed by atoms with E-state index in [-0.39, 0.29) is 11.5 Å². The molecule has 1 aromatic carbocycles. The van der Waals surface area contributed by atoms with E-state index >= 15 is 0 Å². The number of fused-ring (bicyclic) bond motifs is 1. The molecule has 0 aliphatic rings. The largest absolute Gasteiger partial charge is 0.492 e. The van der Waals surface area contributed by atoms with Crippen LogP contribution in [-0.4, -0.2) is 28.6 Å². The van der Waals surface area contributed by atoms with Gasteiger partial charge >= 0.3 is 0 Å². The summed E-state index contributed by atoms with van der Waals surface area (Å²) in [5.74, 6) is 0.548. The Morgan fingerprint density at radius 1 is 1.33 bits per heavy atom. The first-order chi connectivity index (χ1) is 11.6. The van der Waals surface area contributed by atoms with Gasteiger partial charge in [-0.3, -0.25) is 9.59 Å². The van der Waals surface area contributed by atoms with Crippen LogP contribution in [0.2, 0.25) is 0 Å². The minimum absolute atomic E-state index is 0.139. The first kappa shape index (κ1) is 16.2. The first-order valence-corrected chi connectivity index (χ1v) is 8.30. The number of hydrogen-bond acceptors (Lipinski definition) is 5. The van der Waals surface area contributed by atoms with E-state index in [0.717, 1.165) is 5.75 Å². The highest BCUT2D eigenvalue weighted by molar-refractivity contribution is 7.20. The lowest BCUT2D eigenvalue weighted by molar-refractivity contribution is 0.0950. The van der Waals surface area contributed by atoms with Crippen LogP contribution in [0, 0.1) is 6.92 Å². The molecular formula is C17H17N3O3S. The molecule has 0 atom stereocenters. The molecule has 1 N–H and O–H groups in total. The maximum atomic E-state index is 12.3. The zero-order valence-corrected chi connectivity index (χ0v) is 14.2. The number of aryl methyl sites for hydroxylation is 2. The average Bonchev–Trinajstić information content (AvgIpc) is 2.93. The molecule has 0 bridgehead atoms. The fourth-order valence-corrected chi connectivity index (χ4v) is 3.41. The molecule has 1 amide bonds. The SMILES string of the molecule is Cc1c(C(=O)NCCOc2ccccc2)sc2ncn(C)c(=O)c12. The van der Waals surface area contributed by atoms with Gasteiger partial charge in [-0.2, -0.15) is 0 Å². The zero-order valence-electron chi connectivity index (χ0n) is 13.4. The fraction of sp³-hybridized carbons (Fsp3) is 0.235. The number of hydrogen-bond donors (Lipinski definition) is 1. The molecule has 3 aromatic rings. The third-order valence-electron chi connectivity index (χ3n) is 3.62. The van der Waals surface area contributed by atoms with Crippen molar-refractivity contribution in [2.45, 2.75) is 6.92 Å². The van der Waals surface area contributed by atoms with Crippen LogP contribution in [0.15, 0.2) is 41.5 Å². The number of aromatic nitrogens is 2. The van der Waals surface area contributed by atoms with Gasteiger partial charge in [0.05, 0.1) is 23.1 Å². The molecule has 3 rings (SSSR count). The van der Waals surface area contributed by atoms with Crippen LogP contribution in [0.3, 0.4) is 0 Å². The molecule has 0 unspecified atom stereocenters. The normalized spacial score (nSPS) is 10.8. The molecule has 0 radical (unpaired) electrons. The third kappa shape index (κ3) is 3.16. The summed E-state index contributed by atoms with van der Waals surface area (Å²) in [4.78, 5) is 29.8. The van der Waals surface area contributed by atoms with Gasteiger partial charge in [0.1, 0.15) is 17.2 Å². The number of nitrogens with zero attached hydrogens (tertiary/aromatic N) is 2. The Hall–Kier alpha value is -2.67. The highest BCUT2D eigenvalue weighted by Gasteiger charge is 2.18. The van der Waals surface area contributed by atoms with Gasteiger partial charge in [-0.25, -0.2) is 4.98 Å². The van der Waals surface area contributed by atoms with Crippen molar-refractivity contribution in [3.05, 3.63) is 57.5 Å². The fourth-order valence-electron chi connectivity index (χ4n) is 2.36. The molecule has 2 heterocycles.